The van der Waals surface area contributed by atoms with Crippen LogP contribution in [0, 0.1) is 0 Å². The largest absolute Gasteiger partial charge is 0.464 e. The van der Waals surface area contributed by atoms with Crippen LogP contribution in [0.1, 0.15) is 23.6 Å². The Morgan fingerprint density at radius 3 is 2.34 bits per heavy atom. The second-order valence-electron chi connectivity index (χ2n) is 7.96. The van der Waals surface area contributed by atoms with Crippen LogP contribution in [-0.4, -0.2) is 24.0 Å². The van der Waals surface area contributed by atoms with E-state index < -0.39 is 11.5 Å². The Morgan fingerprint density at radius 1 is 0.938 bits per heavy atom. The highest BCUT2D eigenvalue weighted by molar-refractivity contribution is 6.31. The number of benzene rings is 3. The van der Waals surface area contributed by atoms with Gasteiger partial charge in [0.15, 0.2) is 0 Å². The van der Waals surface area contributed by atoms with Crippen molar-refractivity contribution in [3.05, 3.63) is 93.5 Å². The minimum Gasteiger partial charge on any atom is -0.464 e. The fourth-order valence-electron chi connectivity index (χ4n) is 4.18. The van der Waals surface area contributed by atoms with Crippen LogP contribution in [0.15, 0.2) is 66.7 Å². The molecule has 0 aromatic heterocycles. The number of rotatable bonds is 6. The number of hydrogen-bond acceptors (Lipinski definition) is 3. The highest BCUT2D eigenvalue weighted by atomic mass is 35.5. The van der Waals surface area contributed by atoms with Crippen LogP contribution in [0.3, 0.4) is 0 Å². The zero-order chi connectivity index (χ0) is 22.7. The first-order chi connectivity index (χ1) is 15.4. The minimum atomic E-state index is -1.13. The molecule has 1 aliphatic carbocycles. The Bertz CT molecular complexity index is 1160. The Balaban J connectivity index is 1.59. The third-order valence-electron chi connectivity index (χ3n) is 5.72. The lowest BCUT2D eigenvalue weighted by Gasteiger charge is -2.28. The zero-order valence-corrected chi connectivity index (χ0v) is 19.2. The Kier molecular flexibility index (Phi) is 6.54. The van der Waals surface area contributed by atoms with E-state index in [1.54, 1.807) is 19.1 Å². The van der Waals surface area contributed by atoms with Crippen LogP contribution < -0.4 is 5.32 Å². The smallest absolute Gasteiger partial charge is 0.332 e. The highest BCUT2D eigenvalue weighted by Gasteiger charge is 2.46. The molecule has 0 fully saturated rings. The van der Waals surface area contributed by atoms with Gasteiger partial charge in [-0.25, -0.2) is 4.79 Å². The molecule has 164 valence electrons. The molecule has 3 aromatic carbocycles. The van der Waals surface area contributed by atoms with Gasteiger partial charge in [-0.15, -0.1) is 0 Å². The summed E-state index contributed by atoms with van der Waals surface area (Å²) in [6, 6.07) is 20.9. The molecule has 0 saturated heterocycles. The molecule has 1 aliphatic rings. The van der Waals surface area contributed by atoms with E-state index in [-0.39, 0.29) is 18.9 Å². The maximum Gasteiger partial charge on any atom is 0.332 e. The van der Waals surface area contributed by atoms with Crippen molar-refractivity contribution >= 4 is 35.1 Å². The van der Waals surface area contributed by atoms with E-state index in [0.717, 1.165) is 22.3 Å². The average Bonchev–Trinajstić information content (AvgIpc) is 3.14. The molecule has 1 amide bonds. The lowest BCUT2D eigenvalue weighted by atomic mass is 9.95. The lowest BCUT2D eigenvalue weighted by Crippen LogP contribution is -2.56. The summed E-state index contributed by atoms with van der Waals surface area (Å²) in [7, 11) is 0. The Labute approximate surface area is 197 Å². The molecule has 0 aliphatic heterocycles. The van der Waals surface area contributed by atoms with Gasteiger partial charge in [0.1, 0.15) is 5.54 Å². The predicted octanol–water partition coefficient (Wildman–Crippen LogP) is 5.42. The van der Waals surface area contributed by atoms with Crippen LogP contribution in [0.4, 0.5) is 0 Å². The molecule has 1 atom stereocenters. The van der Waals surface area contributed by atoms with Gasteiger partial charge in [0.25, 0.3) is 0 Å². The molecule has 0 spiro atoms. The van der Waals surface area contributed by atoms with Crippen molar-refractivity contribution in [2.75, 3.05) is 6.61 Å². The van der Waals surface area contributed by atoms with E-state index in [2.05, 4.69) is 11.4 Å². The summed E-state index contributed by atoms with van der Waals surface area (Å²) in [5, 5.41) is 4.18. The van der Waals surface area contributed by atoms with E-state index in [1.807, 2.05) is 48.5 Å². The number of carbonyl (C=O) groups excluding carboxylic acids is 2. The molecule has 0 saturated carbocycles. The van der Waals surface area contributed by atoms with Crippen LogP contribution in [0.5, 0.6) is 0 Å². The molecule has 6 heteroatoms. The molecule has 3 aromatic rings. The second-order valence-corrected chi connectivity index (χ2v) is 8.81. The molecular weight excluding hydrogens is 445 g/mol. The summed E-state index contributed by atoms with van der Waals surface area (Å²) in [6.07, 6.45) is 0.848. The van der Waals surface area contributed by atoms with Crippen molar-refractivity contribution in [1.82, 2.24) is 5.32 Å². The Morgan fingerprint density at radius 2 is 1.62 bits per heavy atom. The zero-order valence-electron chi connectivity index (χ0n) is 17.7. The maximum absolute atomic E-state index is 13.0. The van der Waals surface area contributed by atoms with Gasteiger partial charge < -0.3 is 10.1 Å². The molecule has 4 rings (SSSR count). The Hall–Kier alpha value is -2.82. The molecule has 0 radical (unpaired) electrons. The van der Waals surface area contributed by atoms with Gasteiger partial charge in [0.05, 0.1) is 13.0 Å². The summed E-state index contributed by atoms with van der Waals surface area (Å²) in [6.45, 7) is 2.01. The summed E-state index contributed by atoms with van der Waals surface area (Å²) in [5.41, 5.74) is 3.69. The number of carbonyl (C=O) groups is 2. The number of ether oxygens (including phenoxy) is 1. The molecule has 0 bridgehead atoms. The van der Waals surface area contributed by atoms with Gasteiger partial charge in [-0.2, -0.15) is 0 Å². The third kappa shape index (κ3) is 4.67. The van der Waals surface area contributed by atoms with Crippen LogP contribution in [0.2, 0.25) is 10.0 Å². The van der Waals surface area contributed by atoms with Crippen molar-refractivity contribution in [3.63, 3.8) is 0 Å². The topological polar surface area (TPSA) is 55.4 Å². The van der Waals surface area contributed by atoms with Crippen LogP contribution in [0.25, 0.3) is 11.1 Å². The summed E-state index contributed by atoms with van der Waals surface area (Å²) in [5.74, 6) is -0.686. The number of fused-ring (bicyclic) bond motifs is 1. The predicted molar refractivity (Wildman–Crippen MR) is 127 cm³/mol. The first-order valence-electron chi connectivity index (χ1n) is 10.5. The van der Waals surface area contributed by atoms with Gasteiger partial charge in [-0.1, -0.05) is 71.7 Å². The van der Waals surface area contributed by atoms with Gasteiger partial charge in [0, 0.05) is 22.9 Å². The van der Waals surface area contributed by atoms with Crippen LogP contribution in [-0.2, 0) is 33.6 Å². The van der Waals surface area contributed by atoms with Crippen molar-refractivity contribution in [2.45, 2.75) is 31.7 Å². The SMILES string of the molecule is CCOC(=O)C1(NC(=O)Cc2ccccc2Cl)Cc2ccc(-c3ccc(Cl)cc3)cc2C1. The number of halogens is 2. The molecular formula is C26H23Cl2NO3. The standard InChI is InChI=1S/C26H23Cl2NO3/c1-2-32-25(31)26(29-24(30)14-19-5-3-4-6-23(19)28)15-20-8-7-18(13-21(20)16-26)17-9-11-22(27)12-10-17/h3-13H,2,14-16H2,1H3,(H,29,30). The highest BCUT2D eigenvalue weighted by Crippen LogP contribution is 2.35. The lowest BCUT2D eigenvalue weighted by molar-refractivity contribution is -0.153. The van der Waals surface area contributed by atoms with Gasteiger partial charge >= 0.3 is 5.97 Å². The molecule has 1 N–H and O–H groups in total. The molecule has 32 heavy (non-hydrogen) atoms. The van der Waals surface area contributed by atoms with Crippen molar-refractivity contribution in [2.24, 2.45) is 0 Å². The van der Waals surface area contributed by atoms with E-state index in [0.29, 0.717) is 28.5 Å². The number of nitrogens with one attached hydrogen (secondary N) is 1. The first kappa shape index (κ1) is 22.4. The van der Waals surface area contributed by atoms with E-state index in [9.17, 15) is 9.59 Å². The minimum absolute atomic E-state index is 0.0905. The third-order valence-corrected chi connectivity index (χ3v) is 6.34. The van der Waals surface area contributed by atoms with E-state index in [4.69, 9.17) is 27.9 Å². The number of hydrogen-bond donors (Lipinski definition) is 1. The second kappa shape index (κ2) is 9.35. The van der Waals surface area contributed by atoms with Crippen molar-refractivity contribution in [3.8, 4) is 11.1 Å². The quantitative estimate of drug-likeness (QED) is 0.492. The summed E-state index contributed by atoms with van der Waals surface area (Å²) in [4.78, 5) is 25.9. The number of amides is 1. The van der Waals surface area contributed by atoms with Crippen LogP contribution >= 0.6 is 23.2 Å². The average molecular weight is 468 g/mol. The van der Waals surface area contributed by atoms with E-state index >= 15 is 0 Å². The monoisotopic (exact) mass is 467 g/mol. The first-order valence-corrected chi connectivity index (χ1v) is 11.3. The summed E-state index contributed by atoms with van der Waals surface area (Å²) < 4.78 is 5.37. The fourth-order valence-corrected chi connectivity index (χ4v) is 4.50. The molecule has 0 heterocycles. The summed E-state index contributed by atoms with van der Waals surface area (Å²) >= 11 is 12.2. The van der Waals surface area contributed by atoms with Gasteiger partial charge in [0.2, 0.25) is 5.91 Å². The van der Waals surface area contributed by atoms with Gasteiger partial charge in [-0.05, 0) is 52.9 Å². The number of esters is 1. The fraction of sp³-hybridized carbons (Fsp3) is 0.231. The van der Waals surface area contributed by atoms with Gasteiger partial charge in [-0.3, -0.25) is 4.79 Å². The van der Waals surface area contributed by atoms with Crippen molar-refractivity contribution < 1.29 is 14.3 Å². The van der Waals surface area contributed by atoms with Crippen molar-refractivity contribution in [1.29, 1.82) is 0 Å². The molecule has 4 nitrogen and oxygen atoms in total. The molecule has 1 unspecified atom stereocenters. The normalized spacial score (nSPS) is 17.0. The van der Waals surface area contributed by atoms with E-state index in [1.165, 1.54) is 0 Å². The maximum atomic E-state index is 13.0.